The van der Waals surface area contributed by atoms with Gasteiger partial charge in [-0.05, 0) is 49.5 Å². The molecule has 26 heavy (non-hydrogen) atoms. The molecule has 1 amide bonds. The number of allylic oxidation sites excluding steroid dienone is 1. The maximum atomic E-state index is 13.3. The third kappa shape index (κ3) is 2.93. The van der Waals surface area contributed by atoms with Crippen molar-refractivity contribution >= 4 is 23.5 Å². The van der Waals surface area contributed by atoms with Crippen LogP contribution in [0.15, 0.2) is 48.7 Å². The molecule has 1 N–H and O–H groups in total. The SMILES string of the molecule is C=C1C=Cc2cc(C(=O)N3CCN(C)CC3)[nH]c2N1c1ccc(F)cc1. The normalized spacial score (nSPS) is 17.5. The second-order valence-corrected chi connectivity index (χ2v) is 6.72. The van der Waals surface area contributed by atoms with Gasteiger partial charge in [0, 0.05) is 43.1 Å². The topological polar surface area (TPSA) is 42.6 Å². The highest BCUT2D eigenvalue weighted by molar-refractivity contribution is 5.96. The fourth-order valence-electron chi connectivity index (χ4n) is 3.36. The minimum Gasteiger partial charge on any atom is -0.336 e. The smallest absolute Gasteiger partial charge is 0.270 e. The van der Waals surface area contributed by atoms with Crippen LogP contribution in [0.5, 0.6) is 0 Å². The van der Waals surface area contributed by atoms with Crippen molar-refractivity contribution in [2.24, 2.45) is 0 Å². The van der Waals surface area contributed by atoms with Gasteiger partial charge in [0.2, 0.25) is 0 Å². The fourth-order valence-corrected chi connectivity index (χ4v) is 3.36. The quantitative estimate of drug-likeness (QED) is 0.902. The summed E-state index contributed by atoms with van der Waals surface area (Å²) in [4.78, 5) is 22.1. The molecule has 0 atom stereocenters. The molecule has 6 heteroatoms. The second-order valence-electron chi connectivity index (χ2n) is 6.72. The van der Waals surface area contributed by atoms with E-state index >= 15 is 0 Å². The van der Waals surface area contributed by atoms with Crippen LogP contribution in [0.25, 0.3) is 6.08 Å². The number of halogens is 1. The number of nitrogens with zero attached hydrogens (tertiary/aromatic N) is 3. The van der Waals surface area contributed by atoms with E-state index in [-0.39, 0.29) is 11.7 Å². The average molecular weight is 352 g/mol. The van der Waals surface area contributed by atoms with Crippen LogP contribution in [0.2, 0.25) is 0 Å². The van der Waals surface area contributed by atoms with Crippen molar-refractivity contribution in [1.82, 2.24) is 14.8 Å². The summed E-state index contributed by atoms with van der Waals surface area (Å²) < 4.78 is 13.3. The van der Waals surface area contributed by atoms with Gasteiger partial charge in [0.05, 0.1) is 0 Å². The van der Waals surface area contributed by atoms with Gasteiger partial charge in [0.25, 0.3) is 5.91 Å². The molecular formula is C20H21FN4O. The number of fused-ring (bicyclic) bond motifs is 1. The lowest BCUT2D eigenvalue weighted by Gasteiger charge is -2.32. The van der Waals surface area contributed by atoms with Crippen LogP contribution in [0.4, 0.5) is 15.9 Å². The molecule has 2 aromatic rings. The Morgan fingerprint density at radius 1 is 1.12 bits per heavy atom. The largest absolute Gasteiger partial charge is 0.336 e. The van der Waals surface area contributed by atoms with E-state index in [2.05, 4.69) is 23.5 Å². The number of H-pyrrole nitrogens is 1. The zero-order valence-electron chi connectivity index (χ0n) is 14.7. The van der Waals surface area contributed by atoms with Crippen molar-refractivity contribution in [3.63, 3.8) is 0 Å². The van der Waals surface area contributed by atoms with Gasteiger partial charge in [-0.2, -0.15) is 0 Å². The Kier molecular flexibility index (Phi) is 4.12. The molecular weight excluding hydrogens is 331 g/mol. The average Bonchev–Trinajstić information content (AvgIpc) is 3.07. The maximum absolute atomic E-state index is 13.3. The molecule has 0 bridgehead atoms. The predicted octanol–water partition coefficient (Wildman–Crippen LogP) is 3.22. The molecule has 4 rings (SSSR count). The first-order chi connectivity index (χ1) is 12.5. The summed E-state index contributed by atoms with van der Waals surface area (Å²) >= 11 is 0. The second kappa shape index (κ2) is 6.46. The summed E-state index contributed by atoms with van der Waals surface area (Å²) in [5.74, 6) is 0.497. The fraction of sp³-hybridized carbons (Fsp3) is 0.250. The van der Waals surface area contributed by atoms with Gasteiger partial charge in [-0.15, -0.1) is 0 Å². The number of piperazine rings is 1. The van der Waals surface area contributed by atoms with E-state index in [1.807, 2.05) is 28.0 Å². The van der Waals surface area contributed by atoms with Gasteiger partial charge in [-0.3, -0.25) is 9.69 Å². The number of nitrogens with one attached hydrogen (secondary N) is 1. The highest BCUT2D eigenvalue weighted by Crippen LogP contribution is 2.36. The molecule has 0 unspecified atom stereocenters. The van der Waals surface area contributed by atoms with Crippen molar-refractivity contribution in [3.8, 4) is 0 Å². The molecule has 0 radical (unpaired) electrons. The van der Waals surface area contributed by atoms with E-state index < -0.39 is 0 Å². The van der Waals surface area contributed by atoms with Crippen molar-refractivity contribution in [2.45, 2.75) is 0 Å². The van der Waals surface area contributed by atoms with Crippen LogP contribution in [-0.4, -0.2) is 53.9 Å². The number of hydrogen-bond acceptors (Lipinski definition) is 3. The monoisotopic (exact) mass is 352 g/mol. The molecule has 5 nitrogen and oxygen atoms in total. The number of benzene rings is 1. The molecule has 2 aliphatic rings. The Labute approximate surface area is 152 Å². The Bertz CT molecular complexity index is 876. The Hall–Kier alpha value is -2.86. The van der Waals surface area contributed by atoms with Crippen molar-refractivity contribution in [3.05, 3.63) is 65.8 Å². The van der Waals surface area contributed by atoms with Gasteiger partial charge in [-0.1, -0.05) is 6.58 Å². The molecule has 3 heterocycles. The number of aromatic amines is 1. The highest BCUT2D eigenvalue weighted by atomic mass is 19.1. The number of anilines is 2. The number of rotatable bonds is 2. The summed E-state index contributed by atoms with van der Waals surface area (Å²) in [6.45, 7) is 7.28. The van der Waals surface area contributed by atoms with Gasteiger partial charge in [0.15, 0.2) is 0 Å². The van der Waals surface area contributed by atoms with E-state index in [1.165, 1.54) is 12.1 Å². The lowest BCUT2D eigenvalue weighted by Crippen LogP contribution is -2.47. The molecule has 1 aromatic carbocycles. The molecule has 1 fully saturated rings. The van der Waals surface area contributed by atoms with Crippen LogP contribution >= 0.6 is 0 Å². The van der Waals surface area contributed by atoms with Gasteiger partial charge in [0.1, 0.15) is 17.3 Å². The molecule has 2 aliphatic heterocycles. The van der Waals surface area contributed by atoms with E-state index in [0.29, 0.717) is 5.69 Å². The summed E-state index contributed by atoms with van der Waals surface area (Å²) in [5, 5.41) is 0. The van der Waals surface area contributed by atoms with Crippen LogP contribution in [0.3, 0.4) is 0 Å². The first-order valence-corrected chi connectivity index (χ1v) is 8.66. The number of likely N-dealkylation sites (N-methyl/N-ethyl adjacent to an activating group) is 1. The number of carbonyl (C=O) groups is 1. The predicted molar refractivity (Wildman–Crippen MR) is 101 cm³/mol. The van der Waals surface area contributed by atoms with Crippen LogP contribution < -0.4 is 4.90 Å². The van der Waals surface area contributed by atoms with Crippen molar-refractivity contribution < 1.29 is 9.18 Å². The number of carbonyl (C=O) groups excluding carboxylic acids is 1. The lowest BCUT2D eigenvalue weighted by atomic mass is 10.1. The van der Waals surface area contributed by atoms with E-state index in [0.717, 1.165) is 48.9 Å². The maximum Gasteiger partial charge on any atom is 0.270 e. The Balaban J connectivity index is 1.65. The van der Waals surface area contributed by atoms with E-state index in [4.69, 9.17) is 0 Å². The van der Waals surface area contributed by atoms with E-state index in [9.17, 15) is 9.18 Å². The minimum absolute atomic E-state index is 0.00516. The van der Waals surface area contributed by atoms with Crippen molar-refractivity contribution in [1.29, 1.82) is 0 Å². The Morgan fingerprint density at radius 3 is 2.50 bits per heavy atom. The van der Waals surface area contributed by atoms with Gasteiger partial charge < -0.3 is 14.8 Å². The number of aromatic nitrogens is 1. The molecule has 0 saturated carbocycles. The minimum atomic E-state index is -0.287. The third-order valence-corrected chi connectivity index (χ3v) is 4.90. The molecule has 1 saturated heterocycles. The van der Waals surface area contributed by atoms with Gasteiger partial charge >= 0.3 is 0 Å². The summed E-state index contributed by atoms with van der Waals surface area (Å²) in [5.41, 5.74) is 3.03. The molecule has 134 valence electrons. The zero-order valence-corrected chi connectivity index (χ0v) is 14.7. The summed E-state index contributed by atoms with van der Waals surface area (Å²) in [7, 11) is 2.06. The molecule has 0 aliphatic carbocycles. The van der Waals surface area contributed by atoms with Crippen LogP contribution in [-0.2, 0) is 0 Å². The first-order valence-electron chi connectivity index (χ1n) is 8.66. The molecule has 1 aromatic heterocycles. The van der Waals surface area contributed by atoms with Gasteiger partial charge in [-0.25, -0.2) is 4.39 Å². The number of amides is 1. The highest BCUT2D eigenvalue weighted by Gasteiger charge is 2.26. The standard InChI is InChI=1S/C20H21FN4O/c1-14-3-4-15-13-18(20(26)24-11-9-23(2)10-12-24)22-19(15)25(14)17-7-5-16(21)6-8-17/h3-8,13,22H,1,9-12H2,2H3. The number of hydrogen-bond donors (Lipinski definition) is 1. The zero-order chi connectivity index (χ0) is 18.3. The Morgan fingerprint density at radius 2 is 1.81 bits per heavy atom. The molecule has 0 spiro atoms. The van der Waals surface area contributed by atoms with Crippen LogP contribution in [0, 0.1) is 5.82 Å². The summed E-state index contributed by atoms with van der Waals surface area (Å²) in [6.07, 6.45) is 3.83. The van der Waals surface area contributed by atoms with E-state index in [1.54, 1.807) is 12.1 Å². The third-order valence-electron chi connectivity index (χ3n) is 4.90. The van der Waals surface area contributed by atoms with Crippen LogP contribution in [0.1, 0.15) is 16.1 Å². The summed E-state index contributed by atoms with van der Waals surface area (Å²) in [6, 6.07) is 8.10. The van der Waals surface area contributed by atoms with Crippen molar-refractivity contribution in [2.75, 3.05) is 38.1 Å². The lowest BCUT2D eigenvalue weighted by molar-refractivity contribution is 0.0659. The first kappa shape index (κ1) is 16.6.